The van der Waals surface area contributed by atoms with E-state index in [0.29, 0.717) is 11.4 Å². The zero-order valence-corrected chi connectivity index (χ0v) is 11.9. The van der Waals surface area contributed by atoms with E-state index in [0.717, 1.165) is 0 Å². The molecule has 0 unspecified atom stereocenters. The number of ether oxygens (including phenoxy) is 1. The fourth-order valence-electron chi connectivity index (χ4n) is 1.81. The number of carbonyl (C=O) groups is 1. The molecule has 0 heterocycles. The first-order valence-corrected chi connectivity index (χ1v) is 6.59. The number of hydrogen-bond donors (Lipinski definition) is 2. The minimum absolute atomic E-state index is 0.00971. The molecule has 2 aromatic carbocycles. The highest BCUT2D eigenvalue weighted by atomic mass is 19.1. The van der Waals surface area contributed by atoms with E-state index in [1.165, 1.54) is 18.2 Å². The first kappa shape index (κ1) is 14.8. The zero-order valence-electron chi connectivity index (χ0n) is 11.9. The van der Waals surface area contributed by atoms with Gasteiger partial charge in [-0.05, 0) is 44.2 Å². The van der Waals surface area contributed by atoms with Gasteiger partial charge in [-0.15, -0.1) is 0 Å². The van der Waals surface area contributed by atoms with Crippen LogP contribution >= 0.6 is 0 Å². The number of nitrogens with one attached hydrogen (secondary N) is 1. The van der Waals surface area contributed by atoms with E-state index < -0.39 is 5.82 Å². The largest absolute Gasteiger partial charge is 0.489 e. The van der Waals surface area contributed by atoms with Crippen LogP contribution < -0.4 is 15.8 Å². The molecule has 5 heteroatoms. The van der Waals surface area contributed by atoms with Crippen LogP contribution in [0.4, 0.5) is 15.8 Å². The number of nitrogens with two attached hydrogens (primary N) is 1. The van der Waals surface area contributed by atoms with Gasteiger partial charge in [-0.1, -0.05) is 12.1 Å². The maximum absolute atomic E-state index is 13.1. The van der Waals surface area contributed by atoms with Crippen LogP contribution in [0.5, 0.6) is 5.75 Å². The molecule has 0 fully saturated rings. The summed E-state index contributed by atoms with van der Waals surface area (Å²) in [7, 11) is 0. The molecule has 0 spiro atoms. The van der Waals surface area contributed by atoms with Crippen molar-refractivity contribution in [3.05, 3.63) is 53.8 Å². The smallest absolute Gasteiger partial charge is 0.255 e. The number of hydrogen-bond acceptors (Lipinski definition) is 3. The maximum Gasteiger partial charge on any atom is 0.255 e. The lowest BCUT2D eigenvalue weighted by Gasteiger charge is -2.14. The van der Waals surface area contributed by atoms with Crippen molar-refractivity contribution < 1.29 is 13.9 Å². The minimum atomic E-state index is -0.546. The van der Waals surface area contributed by atoms with E-state index in [9.17, 15) is 9.18 Å². The number of rotatable bonds is 4. The standard InChI is InChI=1S/C16H17FN2O2/c1-10(2)21-15-6-4-3-5-14(15)19-16(20)11-7-8-12(17)13(18)9-11/h3-10H,18H2,1-2H3,(H,19,20). The van der Waals surface area contributed by atoms with Gasteiger partial charge in [-0.3, -0.25) is 4.79 Å². The van der Waals surface area contributed by atoms with E-state index in [4.69, 9.17) is 10.5 Å². The molecule has 4 nitrogen and oxygen atoms in total. The lowest BCUT2D eigenvalue weighted by molar-refractivity contribution is 0.102. The molecule has 21 heavy (non-hydrogen) atoms. The predicted molar refractivity (Wildman–Crippen MR) is 81.0 cm³/mol. The van der Waals surface area contributed by atoms with Crippen molar-refractivity contribution in [2.75, 3.05) is 11.1 Å². The van der Waals surface area contributed by atoms with Crippen molar-refractivity contribution in [1.29, 1.82) is 0 Å². The van der Waals surface area contributed by atoms with Gasteiger partial charge < -0.3 is 15.8 Å². The fourth-order valence-corrected chi connectivity index (χ4v) is 1.81. The van der Waals surface area contributed by atoms with Crippen LogP contribution in [0.25, 0.3) is 0 Å². The molecule has 0 atom stereocenters. The first-order valence-electron chi connectivity index (χ1n) is 6.59. The van der Waals surface area contributed by atoms with Crippen molar-refractivity contribution in [1.82, 2.24) is 0 Å². The summed E-state index contributed by atoms with van der Waals surface area (Å²) in [5.74, 6) is -0.340. The molecule has 0 radical (unpaired) electrons. The Balaban J connectivity index is 2.21. The molecule has 0 aliphatic heterocycles. The highest BCUT2D eigenvalue weighted by Crippen LogP contribution is 2.25. The van der Waals surface area contributed by atoms with Crippen molar-refractivity contribution in [3.63, 3.8) is 0 Å². The van der Waals surface area contributed by atoms with Crippen LogP contribution in [0.1, 0.15) is 24.2 Å². The van der Waals surface area contributed by atoms with Crippen molar-refractivity contribution in [2.24, 2.45) is 0 Å². The van der Waals surface area contributed by atoms with Gasteiger partial charge >= 0.3 is 0 Å². The van der Waals surface area contributed by atoms with Gasteiger partial charge in [0.2, 0.25) is 0 Å². The van der Waals surface area contributed by atoms with Crippen LogP contribution in [0, 0.1) is 5.82 Å². The maximum atomic E-state index is 13.1. The van der Waals surface area contributed by atoms with E-state index in [1.807, 2.05) is 19.9 Å². The summed E-state index contributed by atoms with van der Waals surface area (Å²) in [5.41, 5.74) is 6.25. The zero-order chi connectivity index (χ0) is 15.4. The number of anilines is 2. The molecule has 0 bridgehead atoms. The van der Waals surface area contributed by atoms with E-state index >= 15 is 0 Å². The molecular weight excluding hydrogens is 271 g/mol. The summed E-state index contributed by atoms with van der Waals surface area (Å²) in [5, 5.41) is 2.74. The van der Waals surface area contributed by atoms with Gasteiger partial charge in [0.05, 0.1) is 17.5 Å². The summed E-state index contributed by atoms with van der Waals surface area (Å²) < 4.78 is 18.7. The Bertz CT molecular complexity index is 656. The summed E-state index contributed by atoms with van der Waals surface area (Å²) in [4.78, 5) is 12.2. The quantitative estimate of drug-likeness (QED) is 0.847. The molecule has 0 aromatic heterocycles. The number of carbonyl (C=O) groups excluding carboxylic acids is 1. The average Bonchev–Trinajstić information content (AvgIpc) is 2.43. The van der Waals surface area contributed by atoms with Crippen LogP contribution in [-0.4, -0.2) is 12.0 Å². The second-order valence-electron chi connectivity index (χ2n) is 4.85. The highest BCUT2D eigenvalue weighted by molar-refractivity contribution is 6.05. The van der Waals surface area contributed by atoms with Crippen LogP contribution in [0.3, 0.4) is 0 Å². The Labute approximate surface area is 122 Å². The molecule has 3 N–H and O–H groups in total. The lowest BCUT2D eigenvalue weighted by atomic mass is 10.1. The van der Waals surface area contributed by atoms with Crippen molar-refractivity contribution in [3.8, 4) is 5.75 Å². The van der Waals surface area contributed by atoms with Gasteiger partial charge in [0, 0.05) is 5.56 Å². The number of para-hydroxylation sites is 2. The third kappa shape index (κ3) is 3.72. The monoisotopic (exact) mass is 288 g/mol. The van der Waals surface area contributed by atoms with Crippen molar-refractivity contribution in [2.45, 2.75) is 20.0 Å². The second kappa shape index (κ2) is 6.26. The normalized spacial score (nSPS) is 10.5. The summed E-state index contributed by atoms with van der Waals surface area (Å²) >= 11 is 0. The van der Waals surface area contributed by atoms with Crippen LogP contribution in [0.2, 0.25) is 0 Å². The third-order valence-electron chi connectivity index (χ3n) is 2.76. The average molecular weight is 288 g/mol. The van der Waals surface area contributed by atoms with Gasteiger partial charge in [0.25, 0.3) is 5.91 Å². The third-order valence-corrected chi connectivity index (χ3v) is 2.76. The highest BCUT2D eigenvalue weighted by Gasteiger charge is 2.12. The van der Waals surface area contributed by atoms with Gasteiger partial charge in [0.15, 0.2) is 0 Å². The fraction of sp³-hybridized carbons (Fsp3) is 0.188. The lowest BCUT2D eigenvalue weighted by Crippen LogP contribution is -2.14. The van der Waals surface area contributed by atoms with Crippen molar-refractivity contribution >= 4 is 17.3 Å². The summed E-state index contributed by atoms with van der Waals surface area (Å²) in [6.07, 6.45) is -0.00971. The SMILES string of the molecule is CC(C)Oc1ccccc1NC(=O)c1ccc(F)c(N)c1. The molecule has 0 saturated carbocycles. The molecule has 1 amide bonds. The molecule has 110 valence electrons. The Morgan fingerprint density at radius 1 is 1.24 bits per heavy atom. The molecule has 2 aromatic rings. The van der Waals surface area contributed by atoms with Gasteiger partial charge in [0.1, 0.15) is 11.6 Å². The number of amides is 1. The van der Waals surface area contributed by atoms with Gasteiger partial charge in [-0.2, -0.15) is 0 Å². The Hall–Kier alpha value is -2.56. The van der Waals surface area contributed by atoms with Gasteiger partial charge in [-0.25, -0.2) is 4.39 Å². The first-order chi connectivity index (χ1) is 9.97. The Morgan fingerprint density at radius 3 is 2.62 bits per heavy atom. The minimum Gasteiger partial charge on any atom is -0.489 e. The Kier molecular flexibility index (Phi) is 4.42. The van der Waals surface area contributed by atoms with E-state index in [1.54, 1.807) is 18.2 Å². The summed E-state index contributed by atoms with van der Waals surface area (Å²) in [6.45, 7) is 3.80. The molecule has 0 aliphatic rings. The second-order valence-corrected chi connectivity index (χ2v) is 4.85. The molecule has 0 aliphatic carbocycles. The van der Waals surface area contributed by atoms with Crippen LogP contribution in [-0.2, 0) is 0 Å². The molecule has 0 saturated heterocycles. The summed E-state index contributed by atoms with van der Waals surface area (Å²) in [6, 6.07) is 11.0. The predicted octanol–water partition coefficient (Wildman–Crippen LogP) is 3.45. The molecule has 2 rings (SSSR count). The Morgan fingerprint density at radius 2 is 1.95 bits per heavy atom. The van der Waals surface area contributed by atoms with E-state index in [-0.39, 0.29) is 23.3 Å². The number of nitrogen functional groups attached to an aromatic ring is 1. The number of halogens is 1. The number of benzene rings is 2. The van der Waals surface area contributed by atoms with Crippen LogP contribution in [0.15, 0.2) is 42.5 Å². The molecular formula is C16H17FN2O2. The van der Waals surface area contributed by atoms with E-state index in [2.05, 4.69) is 5.32 Å². The topological polar surface area (TPSA) is 64.3 Å².